The first-order chi connectivity index (χ1) is 14.4. The van der Waals surface area contributed by atoms with Crippen molar-refractivity contribution in [3.05, 3.63) is 65.7 Å². The van der Waals surface area contributed by atoms with Crippen molar-refractivity contribution >= 4 is 16.0 Å². The molecule has 1 fully saturated rings. The largest absolute Gasteiger partial charge is 0.352 e. The summed E-state index contributed by atoms with van der Waals surface area (Å²) >= 11 is 0. The molecule has 0 amide bonds. The minimum atomic E-state index is -3.39. The molecule has 6 nitrogen and oxygen atoms in total. The number of aliphatic imine (C=N–C) groups is 1. The van der Waals surface area contributed by atoms with Crippen LogP contribution in [0.1, 0.15) is 24.0 Å². The van der Waals surface area contributed by atoms with Gasteiger partial charge in [0.1, 0.15) is 0 Å². The molecule has 3 rings (SSSR count). The summed E-state index contributed by atoms with van der Waals surface area (Å²) in [6.07, 6.45) is 3.46. The van der Waals surface area contributed by atoms with Gasteiger partial charge < -0.3 is 10.2 Å². The maximum Gasteiger partial charge on any atom is 0.242 e. The van der Waals surface area contributed by atoms with Crippen LogP contribution in [0.25, 0.3) is 0 Å². The first kappa shape index (κ1) is 22.3. The molecule has 1 aliphatic heterocycles. The molecule has 162 valence electrons. The van der Waals surface area contributed by atoms with Gasteiger partial charge in [-0.1, -0.05) is 42.5 Å². The number of nitrogens with one attached hydrogen (secondary N) is 1. The molecule has 1 heterocycles. The van der Waals surface area contributed by atoms with Crippen molar-refractivity contribution in [3.8, 4) is 0 Å². The Balaban J connectivity index is 1.51. The van der Waals surface area contributed by atoms with Crippen molar-refractivity contribution in [2.45, 2.75) is 30.7 Å². The van der Waals surface area contributed by atoms with Gasteiger partial charge >= 0.3 is 0 Å². The molecule has 0 unspecified atom stereocenters. The van der Waals surface area contributed by atoms with Crippen LogP contribution in [0.2, 0.25) is 0 Å². The topological polar surface area (TPSA) is 65.0 Å². The molecule has 0 atom stereocenters. The second-order valence-electron chi connectivity index (χ2n) is 7.95. The predicted octanol–water partition coefficient (Wildman–Crippen LogP) is 2.97. The van der Waals surface area contributed by atoms with Gasteiger partial charge in [0.25, 0.3) is 0 Å². The Labute approximate surface area is 180 Å². The molecule has 30 heavy (non-hydrogen) atoms. The Morgan fingerprint density at radius 3 is 2.23 bits per heavy atom. The average molecular weight is 429 g/mol. The van der Waals surface area contributed by atoms with E-state index in [-0.39, 0.29) is 0 Å². The van der Waals surface area contributed by atoms with E-state index in [1.165, 1.54) is 24.0 Å². The van der Waals surface area contributed by atoms with Gasteiger partial charge in [0, 0.05) is 40.8 Å². The number of piperidine rings is 1. The molecule has 1 aliphatic rings. The molecule has 0 saturated carbocycles. The van der Waals surface area contributed by atoms with Crippen molar-refractivity contribution in [1.29, 1.82) is 0 Å². The van der Waals surface area contributed by atoms with Gasteiger partial charge in [0.2, 0.25) is 10.0 Å². The van der Waals surface area contributed by atoms with E-state index < -0.39 is 10.0 Å². The Morgan fingerprint density at radius 1 is 1.03 bits per heavy atom. The Bertz CT molecular complexity index is 933. The summed E-state index contributed by atoms with van der Waals surface area (Å²) in [5.41, 5.74) is 2.44. The molecular formula is C23H32N4O2S. The molecule has 2 aromatic carbocycles. The molecule has 0 aliphatic carbocycles. The summed E-state index contributed by atoms with van der Waals surface area (Å²) < 4.78 is 25.6. The maximum absolute atomic E-state index is 12.2. The SMILES string of the molecule is CN=C(NCc1ccc(S(=O)(=O)N(C)C)cc1)N1CCC(Cc2ccccc2)CC1. The van der Waals surface area contributed by atoms with Gasteiger partial charge in [-0.05, 0) is 48.4 Å². The Morgan fingerprint density at radius 2 is 1.67 bits per heavy atom. The van der Waals surface area contributed by atoms with E-state index in [0.717, 1.165) is 43.9 Å². The van der Waals surface area contributed by atoms with Crippen LogP contribution >= 0.6 is 0 Å². The number of benzene rings is 2. The van der Waals surface area contributed by atoms with Crippen molar-refractivity contribution in [2.75, 3.05) is 34.2 Å². The average Bonchev–Trinajstić information content (AvgIpc) is 2.76. The fourth-order valence-corrected chi connectivity index (χ4v) is 4.70. The quantitative estimate of drug-likeness (QED) is 0.568. The Kier molecular flexibility index (Phi) is 7.50. The fraction of sp³-hybridized carbons (Fsp3) is 0.435. The minimum Gasteiger partial charge on any atom is -0.352 e. The third kappa shape index (κ3) is 5.61. The summed E-state index contributed by atoms with van der Waals surface area (Å²) in [4.78, 5) is 7.06. The summed E-state index contributed by atoms with van der Waals surface area (Å²) in [5, 5.41) is 3.42. The number of rotatable bonds is 6. The van der Waals surface area contributed by atoms with Crippen LogP contribution in [0.3, 0.4) is 0 Å². The summed E-state index contributed by atoms with van der Waals surface area (Å²) in [6.45, 7) is 2.60. The third-order valence-electron chi connectivity index (χ3n) is 5.65. The van der Waals surface area contributed by atoms with Crippen LogP contribution in [-0.2, 0) is 23.0 Å². The summed E-state index contributed by atoms with van der Waals surface area (Å²) in [5.74, 6) is 1.62. The number of hydrogen-bond donors (Lipinski definition) is 1. The first-order valence-electron chi connectivity index (χ1n) is 10.4. The highest BCUT2D eigenvalue weighted by molar-refractivity contribution is 7.89. The molecule has 1 saturated heterocycles. The standard InChI is InChI=1S/C23H32N4O2S/c1-24-23(25-18-21-9-11-22(12-10-21)30(28,29)26(2)3)27-15-13-20(14-16-27)17-19-7-5-4-6-8-19/h4-12,20H,13-18H2,1-3H3,(H,24,25). The molecule has 0 bridgehead atoms. The monoisotopic (exact) mass is 428 g/mol. The zero-order chi connectivity index (χ0) is 21.6. The molecule has 7 heteroatoms. The zero-order valence-corrected chi connectivity index (χ0v) is 18.9. The fourth-order valence-electron chi connectivity index (χ4n) is 3.80. The van der Waals surface area contributed by atoms with Gasteiger partial charge in [-0.2, -0.15) is 0 Å². The summed E-state index contributed by atoms with van der Waals surface area (Å²) in [7, 11) is 1.50. The van der Waals surface area contributed by atoms with Gasteiger partial charge in [-0.15, -0.1) is 0 Å². The van der Waals surface area contributed by atoms with E-state index in [2.05, 4.69) is 45.5 Å². The van der Waals surface area contributed by atoms with E-state index in [1.54, 1.807) is 12.1 Å². The minimum absolute atomic E-state index is 0.307. The normalized spacial score (nSPS) is 16.1. The van der Waals surface area contributed by atoms with Crippen molar-refractivity contribution < 1.29 is 8.42 Å². The smallest absolute Gasteiger partial charge is 0.242 e. The highest BCUT2D eigenvalue weighted by Gasteiger charge is 2.22. The number of likely N-dealkylation sites (tertiary alicyclic amines) is 1. The van der Waals surface area contributed by atoms with E-state index in [4.69, 9.17) is 0 Å². The predicted molar refractivity (Wildman–Crippen MR) is 122 cm³/mol. The van der Waals surface area contributed by atoms with Crippen molar-refractivity contribution in [2.24, 2.45) is 10.9 Å². The molecule has 0 radical (unpaired) electrons. The van der Waals surface area contributed by atoms with Gasteiger partial charge in [-0.25, -0.2) is 12.7 Å². The van der Waals surface area contributed by atoms with E-state index >= 15 is 0 Å². The van der Waals surface area contributed by atoms with E-state index in [9.17, 15) is 8.42 Å². The lowest BCUT2D eigenvalue weighted by molar-refractivity contribution is 0.259. The molecule has 0 spiro atoms. The van der Waals surface area contributed by atoms with Crippen LogP contribution in [0, 0.1) is 5.92 Å². The van der Waals surface area contributed by atoms with Crippen molar-refractivity contribution in [3.63, 3.8) is 0 Å². The summed E-state index contributed by atoms with van der Waals surface area (Å²) in [6, 6.07) is 17.7. The zero-order valence-electron chi connectivity index (χ0n) is 18.1. The van der Waals surface area contributed by atoms with E-state index in [1.807, 2.05) is 19.2 Å². The van der Waals surface area contributed by atoms with Crippen LogP contribution in [0.15, 0.2) is 64.5 Å². The second kappa shape index (κ2) is 10.1. The lowest BCUT2D eigenvalue weighted by Crippen LogP contribution is -2.45. The molecule has 1 N–H and O–H groups in total. The van der Waals surface area contributed by atoms with Crippen LogP contribution < -0.4 is 5.32 Å². The van der Waals surface area contributed by atoms with Crippen LogP contribution in [0.4, 0.5) is 0 Å². The second-order valence-corrected chi connectivity index (χ2v) is 10.1. The van der Waals surface area contributed by atoms with Gasteiger partial charge in [-0.3, -0.25) is 4.99 Å². The first-order valence-corrected chi connectivity index (χ1v) is 11.8. The highest BCUT2D eigenvalue weighted by Crippen LogP contribution is 2.22. The van der Waals surface area contributed by atoms with Gasteiger partial charge in [0.15, 0.2) is 5.96 Å². The number of nitrogens with zero attached hydrogens (tertiary/aromatic N) is 3. The number of guanidine groups is 1. The van der Waals surface area contributed by atoms with Gasteiger partial charge in [0.05, 0.1) is 4.90 Å². The third-order valence-corrected chi connectivity index (χ3v) is 7.47. The Hall–Kier alpha value is -2.38. The highest BCUT2D eigenvalue weighted by atomic mass is 32.2. The molecular weight excluding hydrogens is 396 g/mol. The van der Waals surface area contributed by atoms with Crippen LogP contribution in [0.5, 0.6) is 0 Å². The number of sulfonamides is 1. The lowest BCUT2D eigenvalue weighted by Gasteiger charge is -2.34. The molecule has 0 aromatic heterocycles. The van der Waals surface area contributed by atoms with E-state index in [0.29, 0.717) is 17.4 Å². The maximum atomic E-state index is 12.2. The van der Waals surface area contributed by atoms with Crippen LogP contribution in [-0.4, -0.2) is 57.8 Å². The van der Waals surface area contributed by atoms with Crippen molar-refractivity contribution in [1.82, 2.24) is 14.5 Å². The lowest BCUT2D eigenvalue weighted by atomic mass is 9.90. The number of hydrogen-bond acceptors (Lipinski definition) is 3. The molecule has 2 aromatic rings.